The van der Waals surface area contributed by atoms with Crippen molar-refractivity contribution in [1.82, 2.24) is 9.88 Å². The van der Waals surface area contributed by atoms with E-state index in [0.29, 0.717) is 10.7 Å². The molecule has 3 aromatic rings. The fourth-order valence-corrected chi connectivity index (χ4v) is 3.78. The molecule has 4 rings (SSSR count). The van der Waals surface area contributed by atoms with Crippen LogP contribution in [-0.2, 0) is 0 Å². The van der Waals surface area contributed by atoms with Gasteiger partial charge in [0.15, 0.2) is 5.13 Å². The summed E-state index contributed by atoms with van der Waals surface area (Å²) in [6, 6.07) is 16.0. The van der Waals surface area contributed by atoms with Crippen LogP contribution >= 0.6 is 11.3 Å². The lowest BCUT2D eigenvalue weighted by molar-refractivity contribution is 0.0747. The van der Waals surface area contributed by atoms with Crippen LogP contribution in [0.25, 0.3) is 10.2 Å². The third kappa shape index (κ3) is 2.80. The predicted molar refractivity (Wildman–Crippen MR) is 98.6 cm³/mol. The van der Waals surface area contributed by atoms with E-state index in [2.05, 4.69) is 22.0 Å². The summed E-state index contributed by atoms with van der Waals surface area (Å²) in [5, 5.41) is 0.533. The van der Waals surface area contributed by atoms with Crippen molar-refractivity contribution >= 4 is 38.3 Å². The number of carbonyl (C=O) groups excluding carboxylic acids is 1. The largest absolute Gasteiger partial charge is 0.375 e. The number of para-hydroxylation sites is 1. The quantitative estimate of drug-likeness (QED) is 0.780. The Morgan fingerprint density at radius 3 is 2.54 bits per heavy atom. The molecule has 24 heavy (non-hydrogen) atoms. The summed E-state index contributed by atoms with van der Waals surface area (Å²) in [5.74, 6) is 0.0659. The molecule has 0 spiro atoms. The van der Waals surface area contributed by atoms with Gasteiger partial charge in [-0.1, -0.05) is 29.5 Å². The van der Waals surface area contributed by atoms with Crippen LogP contribution in [0.2, 0.25) is 0 Å². The number of hydrogen-bond donors (Lipinski definition) is 1. The van der Waals surface area contributed by atoms with E-state index in [9.17, 15) is 4.79 Å². The van der Waals surface area contributed by atoms with E-state index in [0.717, 1.165) is 36.4 Å². The van der Waals surface area contributed by atoms with Crippen molar-refractivity contribution in [2.24, 2.45) is 0 Å². The molecule has 1 amide bonds. The van der Waals surface area contributed by atoms with Crippen molar-refractivity contribution in [3.8, 4) is 0 Å². The van der Waals surface area contributed by atoms with Crippen LogP contribution in [0.1, 0.15) is 10.4 Å². The van der Waals surface area contributed by atoms with Gasteiger partial charge in [-0.2, -0.15) is 0 Å². The third-order valence-electron chi connectivity index (χ3n) is 4.34. The first-order chi connectivity index (χ1) is 11.7. The van der Waals surface area contributed by atoms with Gasteiger partial charge in [-0.15, -0.1) is 0 Å². The second-order valence-electron chi connectivity index (χ2n) is 5.85. The number of fused-ring (bicyclic) bond motifs is 1. The van der Waals surface area contributed by atoms with Gasteiger partial charge in [0.25, 0.3) is 5.91 Å². The number of amides is 1. The summed E-state index contributed by atoms with van der Waals surface area (Å²) in [6.07, 6.45) is 0. The number of rotatable bonds is 2. The van der Waals surface area contributed by atoms with Crippen LogP contribution in [0.4, 0.5) is 10.8 Å². The molecule has 2 heterocycles. The average Bonchev–Trinajstić information content (AvgIpc) is 3.01. The Morgan fingerprint density at radius 1 is 1.04 bits per heavy atom. The highest BCUT2D eigenvalue weighted by Gasteiger charge is 2.22. The molecule has 0 radical (unpaired) electrons. The summed E-state index contributed by atoms with van der Waals surface area (Å²) in [5.41, 5.74) is 8.43. The Morgan fingerprint density at radius 2 is 1.79 bits per heavy atom. The first kappa shape index (κ1) is 15.0. The number of aromatic nitrogens is 1. The van der Waals surface area contributed by atoms with Crippen molar-refractivity contribution in [3.05, 3.63) is 54.1 Å². The number of hydrogen-bond acceptors (Lipinski definition) is 5. The molecule has 1 fully saturated rings. The standard InChI is InChI=1S/C18H18N4OS/c19-18-20-15-12-13(6-7-16(15)24-18)17(23)22-10-8-21(9-11-22)14-4-2-1-3-5-14/h1-7,12H,8-11H2,(H2,19,20). The zero-order chi connectivity index (χ0) is 16.5. The molecule has 0 atom stereocenters. The summed E-state index contributed by atoms with van der Waals surface area (Å²) >= 11 is 1.44. The molecule has 5 nitrogen and oxygen atoms in total. The molecule has 1 aliphatic heterocycles. The van der Waals surface area contributed by atoms with E-state index in [1.807, 2.05) is 41.3 Å². The Hall–Kier alpha value is -2.60. The van der Waals surface area contributed by atoms with Crippen LogP contribution in [-0.4, -0.2) is 42.0 Å². The number of thiazole rings is 1. The van der Waals surface area contributed by atoms with Gasteiger partial charge in [-0.25, -0.2) is 4.98 Å². The van der Waals surface area contributed by atoms with Gasteiger partial charge in [0.05, 0.1) is 10.2 Å². The van der Waals surface area contributed by atoms with Crippen molar-refractivity contribution in [2.45, 2.75) is 0 Å². The van der Waals surface area contributed by atoms with Crippen LogP contribution in [0.15, 0.2) is 48.5 Å². The van der Waals surface area contributed by atoms with Gasteiger partial charge in [0.1, 0.15) is 0 Å². The maximum Gasteiger partial charge on any atom is 0.254 e. The monoisotopic (exact) mass is 338 g/mol. The zero-order valence-electron chi connectivity index (χ0n) is 13.2. The summed E-state index contributed by atoms with van der Waals surface area (Å²) in [7, 11) is 0. The average molecular weight is 338 g/mol. The van der Waals surface area contributed by atoms with Crippen molar-refractivity contribution in [1.29, 1.82) is 0 Å². The third-order valence-corrected chi connectivity index (χ3v) is 5.20. The van der Waals surface area contributed by atoms with Gasteiger partial charge in [-0.3, -0.25) is 4.79 Å². The molecule has 0 unspecified atom stereocenters. The summed E-state index contributed by atoms with van der Waals surface area (Å²) < 4.78 is 1.01. The highest BCUT2D eigenvalue weighted by Crippen LogP contribution is 2.25. The molecule has 1 aliphatic rings. The molecule has 2 aromatic carbocycles. The molecule has 6 heteroatoms. The molecule has 0 saturated carbocycles. The highest BCUT2D eigenvalue weighted by molar-refractivity contribution is 7.22. The molecule has 1 saturated heterocycles. The minimum atomic E-state index is 0.0659. The molecule has 122 valence electrons. The van der Waals surface area contributed by atoms with Gasteiger partial charge >= 0.3 is 0 Å². The lowest BCUT2D eigenvalue weighted by Crippen LogP contribution is -2.48. The van der Waals surface area contributed by atoms with Gasteiger partial charge in [0.2, 0.25) is 0 Å². The number of piperazine rings is 1. The van der Waals surface area contributed by atoms with Crippen molar-refractivity contribution in [3.63, 3.8) is 0 Å². The highest BCUT2D eigenvalue weighted by atomic mass is 32.1. The lowest BCUT2D eigenvalue weighted by Gasteiger charge is -2.36. The number of benzene rings is 2. The minimum Gasteiger partial charge on any atom is -0.375 e. The maximum absolute atomic E-state index is 12.7. The SMILES string of the molecule is Nc1nc2cc(C(=O)N3CCN(c4ccccc4)CC3)ccc2s1. The molecule has 2 N–H and O–H groups in total. The molecule has 1 aromatic heterocycles. The molecular formula is C18H18N4OS. The topological polar surface area (TPSA) is 62.5 Å². The number of nitrogens with zero attached hydrogens (tertiary/aromatic N) is 3. The van der Waals surface area contributed by atoms with E-state index in [-0.39, 0.29) is 5.91 Å². The number of carbonyl (C=O) groups is 1. The van der Waals surface area contributed by atoms with E-state index in [1.165, 1.54) is 17.0 Å². The van der Waals surface area contributed by atoms with E-state index in [4.69, 9.17) is 5.73 Å². The normalized spacial score (nSPS) is 15.0. The fourth-order valence-electron chi connectivity index (χ4n) is 3.07. The molecule has 0 aliphatic carbocycles. The van der Waals surface area contributed by atoms with Crippen molar-refractivity contribution in [2.75, 3.05) is 36.8 Å². The Kier molecular flexibility index (Phi) is 3.82. The first-order valence-corrected chi connectivity index (χ1v) is 8.78. The molecular weight excluding hydrogens is 320 g/mol. The number of anilines is 2. The molecule has 0 bridgehead atoms. The Bertz CT molecular complexity index is 869. The van der Waals surface area contributed by atoms with Crippen LogP contribution in [0.3, 0.4) is 0 Å². The first-order valence-electron chi connectivity index (χ1n) is 7.96. The van der Waals surface area contributed by atoms with Crippen LogP contribution in [0, 0.1) is 0 Å². The second kappa shape index (κ2) is 6.13. The predicted octanol–water partition coefficient (Wildman–Crippen LogP) is 2.84. The van der Waals surface area contributed by atoms with Gasteiger partial charge in [0, 0.05) is 37.4 Å². The lowest BCUT2D eigenvalue weighted by atomic mass is 10.1. The second-order valence-corrected chi connectivity index (χ2v) is 6.91. The van der Waals surface area contributed by atoms with Crippen LogP contribution in [0.5, 0.6) is 0 Å². The Labute approximate surface area is 144 Å². The fraction of sp³-hybridized carbons (Fsp3) is 0.222. The summed E-state index contributed by atoms with van der Waals surface area (Å²) in [4.78, 5) is 21.2. The van der Waals surface area contributed by atoms with Crippen LogP contribution < -0.4 is 10.6 Å². The minimum absolute atomic E-state index is 0.0659. The maximum atomic E-state index is 12.7. The van der Waals surface area contributed by atoms with Crippen molar-refractivity contribution < 1.29 is 4.79 Å². The van der Waals surface area contributed by atoms with E-state index < -0.39 is 0 Å². The summed E-state index contributed by atoms with van der Waals surface area (Å²) in [6.45, 7) is 3.15. The number of nitrogen functional groups attached to an aromatic ring is 1. The smallest absolute Gasteiger partial charge is 0.254 e. The zero-order valence-corrected chi connectivity index (χ0v) is 14.0. The number of nitrogens with two attached hydrogens (primary N) is 1. The Balaban J connectivity index is 1.47. The van der Waals surface area contributed by atoms with Gasteiger partial charge < -0.3 is 15.5 Å². The van der Waals surface area contributed by atoms with E-state index in [1.54, 1.807) is 0 Å². The van der Waals surface area contributed by atoms with Gasteiger partial charge in [-0.05, 0) is 30.3 Å². The van der Waals surface area contributed by atoms with E-state index >= 15 is 0 Å².